The summed E-state index contributed by atoms with van der Waals surface area (Å²) in [5.41, 5.74) is 2.16. The number of guanidine groups is 1. The van der Waals surface area contributed by atoms with E-state index in [0.717, 1.165) is 24.9 Å². The standard InChI is InChI=1S/C19H24FN3O/c1-21-19(22-12-6-9-15-7-4-3-5-8-15)23-14-16-10-11-18(24-2)17(20)13-16/h3-5,7-8,10-11,13H,6,9,12,14H2,1-2H3,(H2,21,22,23). The number of benzene rings is 2. The van der Waals surface area contributed by atoms with Gasteiger partial charge >= 0.3 is 0 Å². The third kappa shape index (κ3) is 5.57. The van der Waals surface area contributed by atoms with Crippen molar-refractivity contribution in [3.63, 3.8) is 0 Å². The molecule has 4 nitrogen and oxygen atoms in total. The molecule has 0 radical (unpaired) electrons. The van der Waals surface area contributed by atoms with Crippen molar-refractivity contribution < 1.29 is 9.13 Å². The van der Waals surface area contributed by atoms with Gasteiger partial charge in [0.15, 0.2) is 17.5 Å². The molecule has 2 aromatic carbocycles. The van der Waals surface area contributed by atoms with Gasteiger partial charge in [0, 0.05) is 20.1 Å². The van der Waals surface area contributed by atoms with E-state index < -0.39 is 0 Å². The first-order valence-corrected chi connectivity index (χ1v) is 8.04. The molecule has 0 aromatic heterocycles. The number of halogens is 1. The number of nitrogens with zero attached hydrogens (tertiary/aromatic N) is 1. The topological polar surface area (TPSA) is 45.7 Å². The Bertz CT molecular complexity index is 659. The van der Waals surface area contributed by atoms with Crippen LogP contribution in [0.1, 0.15) is 17.5 Å². The van der Waals surface area contributed by atoms with Crippen LogP contribution in [0, 0.1) is 5.82 Å². The first-order valence-electron chi connectivity index (χ1n) is 8.04. The summed E-state index contributed by atoms with van der Waals surface area (Å²) in [7, 11) is 3.18. The van der Waals surface area contributed by atoms with E-state index in [9.17, 15) is 4.39 Å². The minimum absolute atomic E-state index is 0.252. The molecule has 0 fully saturated rings. The van der Waals surface area contributed by atoms with Crippen LogP contribution in [0.25, 0.3) is 0 Å². The lowest BCUT2D eigenvalue weighted by atomic mass is 10.1. The summed E-state index contributed by atoms with van der Waals surface area (Å²) in [6, 6.07) is 15.3. The predicted molar refractivity (Wildman–Crippen MR) is 95.9 cm³/mol. The third-order valence-corrected chi connectivity index (χ3v) is 3.68. The SMILES string of the molecule is CN=C(NCCCc1ccccc1)NCc1ccc(OC)c(F)c1. The summed E-state index contributed by atoms with van der Waals surface area (Å²) in [6.07, 6.45) is 2.04. The third-order valence-electron chi connectivity index (χ3n) is 3.68. The summed E-state index contributed by atoms with van der Waals surface area (Å²) < 4.78 is 18.6. The van der Waals surface area contributed by atoms with Gasteiger partial charge in [-0.1, -0.05) is 36.4 Å². The highest BCUT2D eigenvalue weighted by atomic mass is 19.1. The Hall–Kier alpha value is -2.56. The van der Waals surface area contributed by atoms with Crippen molar-refractivity contribution in [1.29, 1.82) is 0 Å². The minimum Gasteiger partial charge on any atom is -0.494 e. The maximum Gasteiger partial charge on any atom is 0.191 e. The van der Waals surface area contributed by atoms with Gasteiger partial charge in [-0.3, -0.25) is 4.99 Å². The maximum atomic E-state index is 13.7. The molecule has 128 valence electrons. The van der Waals surface area contributed by atoms with E-state index in [1.165, 1.54) is 18.7 Å². The molecule has 5 heteroatoms. The van der Waals surface area contributed by atoms with Crippen molar-refractivity contribution in [1.82, 2.24) is 10.6 Å². The fourth-order valence-electron chi connectivity index (χ4n) is 2.37. The molecule has 2 N–H and O–H groups in total. The van der Waals surface area contributed by atoms with Gasteiger partial charge < -0.3 is 15.4 Å². The molecular formula is C19H24FN3O. The van der Waals surface area contributed by atoms with Crippen molar-refractivity contribution in [2.45, 2.75) is 19.4 Å². The van der Waals surface area contributed by atoms with Crippen molar-refractivity contribution in [2.75, 3.05) is 20.7 Å². The van der Waals surface area contributed by atoms with Gasteiger partial charge in [0.1, 0.15) is 0 Å². The van der Waals surface area contributed by atoms with E-state index in [-0.39, 0.29) is 11.6 Å². The highest BCUT2D eigenvalue weighted by Gasteiger charge is 2.04. The number of rotatable bonds is 7. The second kappa shape index (κ2) is 9.55. The van der Waals surface area contributed by atoms with Crippen molar-refractivity contribution in [2.24, 2.45) is 4.99 Å². The van der Waals surface area contributed by atoms with E-state index in [2.05, 4.69) is 39.9 Å². The smallest absolute Gasteiger partial charge is 0.191 e. The second-order valence-electron chi connectivity index (χ2n) is 5.41. The number of hydrogen-bond donors (Lipinski definition) is 2. The van der Waals surface area contributed by atoms with E-state index in [1.807, 2.05) is 12.1 Å². The monoisotopic (exact) mass is 329 g/mol. The molecule has 0 atom stereocenters. The largest absolute Gasteiger partial charge is 0.494 e. The molecule has 2 aromatic rings. The van der Waals surface area contributed by atoms with Crippen LogP contribution in [0.5, 0.6) is 5.75 Å². The fraction of sp³-hybridized carbons (Fsp3) is 0.316. The molecule has 2 rings (SSSR count). The fourth-order valence-corrected chi connectivity index (χ4v) is 2.37. The molecule has 0 amide bonds. The summed E-state index contributed by atoms with van der Waals surface area (Å²) in [6.45, 7) is 1.32. The van der Waals surface area contributed by atoms with Crippen molar-refractivity contribution in [3.8, 4) is 5.75 Å². The Balaban J connectivity index is 1.73. The number of methoxy groups -OCH3 is 1. The van der Waals surface area contributed by atoms with Crippen LogP contribution in [-0.4, -0.2) is 26.7 Å². The Morgan fingerprint density at radius 3 is 2.54 bits per heavy atom. The van der Waals surface area contributed by atoms with Gasteiger partial charge in [-0.25, -0.2) is 4.39 Å². The zero-order chi connectivity index (χ0) is 17.2. The minimum atomic E-state index is -0.359. The van der Waals surface area contributed by atoms with Crippen molar-refractivity contribution >= 4 is 5.96 Å². The molecule has 0 saturated carbocycles. The molecule has 0 saturated heterocycles. The van der Waals surface area contributed by atoms with E-state index in [4.69, 9.17) is 4.74 Å². The van der Waals surface area contributed by atoms with Crippen LogP contribution < -0.4 is 15.4 Å². The van der Waals surface area contributed by atoms with Crippen LogP contribution in [0.4, 0.5) is 4.39 Å². The zero-order valence-corrected chi connectivity index (χ0v) is 14.2. The molecule has 0 aliphatic heterocycles. The normalized spacial score (nSPS) is 11.2. The summed E-state index contributed by atoms with van der Waals surface area (Å²) in [5.74, 6) is 0.601. The molecule has 0 unspecified atom stereocenters. The van der Waals surface area contributed by atoms with Crippen LogP contribution in [0.2, 0.25) is 0 Å². The Labute approximate surface area is 142 Å². The molecular weight excluding hydrogens is 305 g/mol. The average Bonchev–Trinajstić information content (AvgIpc) is 2.62. The van der Waals surface area contributed by atoms with Crippen LogP contribution in [0.3, 0.4) is 0 Å². The lowest BCUT2D eigenvalue weighted by molar-refractivity contribution is 0.386. The highest BCUT2D eigenvalue weighted by molar-refractivity contribution is 5.79. The van der Waals surface area contributed by atoms with E-state index >= 15 is 0 Å². The Morgan fingerprint density at radius 2 is 1.88 bits per heavy atom. The Morgan fingerprint density at radius 1 is 1.08 bits per heavy atom. The summed E-state index contributed by atoms with van der Waals surface area (Å²) >= 11 is 0. The molecule has 0 bridgehead atoms. The second-order valence-corrected chi connectivity index (χ2v) is 5.41. The predicted octanol–water partition coefficient (Wildman–Crippen LogP) is 3.13. The number of aliphatic imine (C=N–C) groups is 1. The van der Waals surface area contributed by atoms with Crippen molar-refractivity contribution in [3.05, 3.63) is 65.5 Å². The number of nitrogens with one attached hydrogen (secondary N) is 2. The molecule has 0 heterocycles. The lowest BCUT2D eigenvalue weighted by Crippen LogP contribution is -2.37. The van der Waals surface area contributed by atoms with Crippen LogP contribution >= 0.6 is 0 Å². The van der Waals surface area contributed by atoms with E-state index in [0.29, 0.717) is 12.5 Å². The summed E-state index contributed by atoms with van der Waals surface area (Å²) in [5, 5.41) is 6.45. The van der Waals surface area contributed by atoms with E-state index in [1.54, 1.807) is 13.1 Å². The molecule has 0 aliphatic rings. The van der Waals surface area contributed by atoms with Gasteiger partial charge in [-0.15, -0.1) is 0 Å². The highest BCUT2D eigenvalue weighted by Crippen LogP contribution is 2.17. The molecule has 24 heavy (non-hydrogen) atoms. The number of ether oxygens (including phenoxy) is 1. The number of hydrogen-bond acceptors (Lipinski definition) is 2. The van der Waals surface area contributed by atoms with Gasteiger partial charge in [0.05, 0.1) is 7.11 Å². The lowest BCUT2D eigenvalue weighted by Gasteiger charge is -2.12. The van der Waals surface area contributed by atoms with Gasteiger partial charge in [-0.05, 0) is 36.1 Å². The van der Waals surface area contributed by atoms with Gasteiger partial charge in [-0.2, -0.15) is 0 Å². The zero-order valence-electron chi connectivity index (χ0n) is 14.2. The number of aryl methyl sites for hydroxylation is 1. The first kappa shape index (κ1) is 17.8. The Kier molecular flexibility index (Phi) is 7.08. The quantitative estimate of drug-likeness (QED) is 0.466. The first-order chi connectivity index (χ1) is 11.7. The molecule has 0 spiro atoms. The average molecular weight is 329 g/mol. The maximum absolute atomic E-state index is 13.7. The van der Waals surface area contributed by atoms with Gasteiger partial charge in [0.2, 0.25) is 0 Å². The van der Waals surface area contributed by atoms with Gasteiger partial charge in [0.25, 0.3) is 0 Å². The molecule has 0 aliphatic carbocycles. The van der Waals surface area contributed by atoms with Crippen LogP contribution in [-0.2, 0) is 13.0 Å². The van der Waals surface area contributed by atoms with Crippen LogP contribution in [0.15, 0.2) is 53.5 Å². The summed E-state index contributed by atoms with van der Waals surface area (Å²) in [4.78, 5) is 4.18.